The van der Waals surface area contributed by atoms with Gasteiger partial charge < -0.3 is 9.42 Å². The summed E-state index contributed by atoms with van der Waals surface area (Å²) >= 11 is 0. The van der Waals surface area contributed by atoms with Gasteiger partial charge in [-0.1, -0.05) is 17.3 Å². The molecule has 1 aromatic heterocycles. The number of likely N-dealkylation sites (N-methyl/N-ethyl adjacent to an activating group) is 1. The lowest BCUT2D eigenvalue weighted by molar-refractivity contribution is 0.412. The van der Waals surface area contributed by atoms with Crippen LogP contribution in [-0.2, 0) is 15.8 Å². The zero-order valence-electron chi connectivity index (χ0n) is 11.0. The standard InChI is InChI=1S/C12H17N3O3S/c1-15(2)8-7-13-19(16,17)9-11-10-5-3-4-6-12(10)18-14-11/h3-6,13H,7-9H2,1-2H3. The van der Waals surface area contributed by atoms with Gasteiger partial charge in [0, 0.05) is 18.5 Å². The fourth-order valence-corrected chi connectivity index (χ4v) is 2.77. The Bertz CT molecular complexity index is 649. The molecule has 0 aliphatic heterocycles. The Morgan fingerprint density at radius 1 is 1.32 bits per heavy atom. The van der Waals surface area contributed by atoms with Crippen molar-refractivity contribution in [2.75, 3.05) is 27.2 Å². The first-order valence-electron chi connectivity index (χ1n) is 5.93. The molecule has 0 amide bonds. The van der Waals surface area contributed by atoms with Crippen LogP contribution < -0.4 is 4.72 Å². The summed E-state index contributed by atoms with van der Waals surface area (Å²) in [5.74, 6) is -0.169. The van der Waals surface area contributed by atoms with Gasteiger partial charge in [0.15, 0.2) is 5.58 Å². The second-order valence-corrected chi connectivity index (χ2v) is 6.39. The number of nitrogens with zero attached hydrogens (tertiary/aromatic N) is 2. The van der Waals surface area contributed by atoms with Gasteiger partial charge >= 0.3 is 0 Å². The molecule has 19 heavy (non-hydrogen) atoms. The van der Waals surface area contributed by atoms with E-state index in [1.54, 1.807) is 12.1 Å². The number of aromatic nitrogens is 1. The number of rotatable bonds is 6. The van der Waals surface area contributed by atoms with Crippen molar-refractivity contribution >= 4 is 21.0 Å². The average Bonchev–Trinajstić information content (AvgIpc) is 2.71. The van der Waals surface area contributed by atoms with Crippen molar-refractivity contribution in [1.82, 2.24) is 14.8 Å². The zero-order chi connectivity index (χ0) is 13.9. The minimum Gasteiger partial charge on any atom is -0.356 e. The number of fused-ring (bicyclic) bond motifs is 1. The van der Waals surface area contributed by atoms with Crippen LogP contribution in [0.3, 0.4) is 0 Å². The summed E-state index contributed by atoms with van der Waals surface area (Å²) < 4.78 is 31.5. The van der Waals surface area contributed by atoms with E-state index in [1.807, 2.05) is 31.1 Å². The van der Waals surface area contributed by atoms with E-state index in [0.717, 1.165) is 5.39 Å². The number of para-hydroxylation sites is 1. The molecule has 1 aromatic carbocycles. The van der Waals surface area contributed by atoms with Crippen LogP contribution in [0.25, 0.3) is 11.0 Å². The van der Waals surface area contributed by atoms with Crippen LogP contribution in [0.5, 0.6) is 0 Å². The molecular weight excluding hydrogens is 266 g/mol. The first-order valence-corrected chi connectivity index (χ1v) is 7.58. The monoisotopic (exact) mass is 283 g/mol. The van der Waals surface area contributed by atoms with Crippen LogP contribution in [0.15, 0.2) is 28.8 Å². The van der Waals surface area contributed by atoms with Crippen LogP contribution in [0.4, 0.5) is 0 Å². The molecule has 0 radical (unpaired) electrons. The van der Waals surface area contributed by atoms with Gasteiger partial charge in [-0.3, -0.25) is 0 Å². The topological polar surface area (TPSA) is 75.4 Å². The summed E-state index contributed by atoms with van der Waals surface area (Å²) in [6.07, 6.45) is 0. The van der Waals surface area contributed by atoms with Crippen molar-refractivity contribution in [2.45, 2.75) is 5.75 Å². The van der Waals surface area contributed by atoms with Crippen LogP contribution in [-0.4, -0.2) is 45.7 Å². The van der Waals surface area contributed by atoms with E-state index in [9.17, 15) is 8.42 Å². The molecule has 2 aromatic rings. The van der Waals surface area contributed by atoms with Crippen molar-refractivity contribution in [3.05, 3.63) is 30.0 Å². The highest BCUT2D eigenvalue weighted by Gasteiger charge is 2.16. The smallest absolute Gasteiger partial charge is 0.217 e. The molecule has 0 saturated heterocycles. The number of hydrogen-bond donors (Lipinski definition) is 1. The third kappa shape index (κ3) is 3.76. The van der Waals surface area contributed by atoms with Crippen molar-refractivity contribution in [2.24, 2.45) is 0 Å². The first-order chi connectivity index (χ1) is 8.98. The minimum absolute atomic E-state index is 0.169. The highest BCUT2D eigenvalue weighted by molar-refractivity contribution is 7.88. The summed E-state index contributed by atoms with van der Waals surface area (Å²) in [5, 5.41) is 4.56. The molecule has 0 atom stereocenters. The van der Waals surface area contributed by atoms with Gasteiger partial charge in [0.1, 0.15) is 11.4 Å². The Morgan fingerprint density at radius 2 is 2.05 bits per heavy atom. The Kier molecular flexibility index (Phi) is 4.18. The van der Waals surface area contributed by atoms with E-state index < -0.39 is 10.0 Å². The molecule has 0 aliphatic rings. The lowest BCUT2D eigenvalue weighted by atomic mass is 10.2. The van der Waals surface area contributed by atoms with Crippen LogP contribution >= 0.6 is 0 Å². The second kappa shape index (κ2) is 5.68. The summed E-state index contributed by atoms with van der Waals surface area (Å²) in [5.41, 5.74) is 1.04. The van der Waals surface area contributed by atoms with Crippen LogP contribution in [0.1, 0.15) is 5.69 Å². The number of nitrogens with one attached hydrogen (secondary N) is 1. The fraction of sp³-hybridized carbons (Fsp3) is 0.417. The maximum atomic E-state index is 11.9. The van der Waals surface area contributed by atoms with Crippen LogP contribution in [0.2, 0.25) is 0 Å². The van der Waals surface area contributed by atoms with Crippen molar-refractivity contribution in [1.29, 1.82) is 0 Å². The maximum absolute atomic E-state index is 11.9. The highest BCUT2D eigenvalue weighted by Crippen LogP contribution is 2.19. The largest absolute Gasteiger partial charge is 0.356 e. The number of sulfonamides is 1. The average molecular weight is 283 g/mol. The van der Waals surface area contributed by atoms with Crippen molar-refractivity contribution < 1.29 is 12.9 Å². The van der Waals surface area contributed by atoms with E-state index in [1.165, 1.54) is 0 Å². The van der Waals surface area contributed by atoms with E-state index in [4.69, 9.17) is 4.52 Å². The van der Waals surface area contributed by atoms with Gasteiger partial charge in [0.25, 0.3) is 0 Å². The molecule has 0 unspecified atom stereocenters. The van der Waals surface area contributed by atoms with Crippen LogP contribution in [0, 0.1) is 0 Å². The van der Waals surface area contributed by atoms with Gasteiger partial charge in [-0.25, -0.2) is 13.1 Å². The number of benzene rings is 1. The lowest BCUT2D eigenvalue weighted by Crippen LogP contribution is -2.32. The SMILES string of the molecule is CN(C)CCNS(=O)(=O)Cc1noc2ccccc12. The van der Waals surface area contributed by atoms with Gasteiger partial charge in [-0.15, -0.1) is 0 Å². The van der Waals surface area contributed by atoms with Gasteiger partial charge in [-0.2, -0.15) is 0 Å². The van der Waals surface area contributed by atoms with Gasteiger partial charge in [0.2, 0.25) is 10.0 Å². The quantitative estimate of drug-likeness (QED) is 0.849. The Balaban J connectivity index is 2.07. The lowest BCUT2D eigenvalue weighted by Gasteiger charge is -2.10. The summed E-state index contributed by atoms with van der Waals surface area (Å²) in [6, 6.07) is 7.21. The summed E-state index contributed by atoms with van der Waals surface area (Å²) in [4.78, 5) is 1.91. The van der Waals surface area contributed by atoms with Crippen molar-refractivity contribution in [3.63, 3.8) is 0 Å². The maximum Gasteiger partial charge on any atom is 0.217 e. The number of hydrogen-bond acceptors (Lipinski definition) is 5. The van der Waals surface area contributed by atoms with Gasteiger partial charge in [0.05, 0.1) is 0 Å². The molecular formula is C12H17N3O3S. The third-order valence-corrected chi connectivity index (χ3v) is 3.96. The molecule has 104 valence electrons. The predicted octanol–water partition coefficient (Wildman–Crippen LogP) is 0.809. The molecule has 1 N–H and O–H groups in total. The molecule has 0 aliphatic carbocycles. The third-order valence-electron chi connectivity index (χ3n) is 2.66. The van der Waals surface area contributed by atoms with E-state index in [0.29, 0.717) is 24.4 Å². The molecule has 1 heterocycles. The van der Waals surface area contributed by atoms with E-state index >= 15 is 0 Å². The van der Waals surface area contributed by atoms with E-state index in [2.05, 4.69) is 9.88 Å². The molecule has 0 fully saturated rings. The fourth-order valence-electron chi connectivity index (χ4n) is 1.70. The highest BCUT2D eigenvalue weighted by atomic mass is 32.2. The summed E-state index contributed by atoms with van der Waals surface area (Å²) in [7, 11) is 0.386. The molecule has 7 heteroatoms. The van der Waals surface area contributed by atoms with E-state index in [-0.39, 0.29) is 5.75 Å². The Morgan fingerprint density at radius 3 is 2.79 bits per heavy atom. The first kappa shape index (κ1) is 14.0. The zero-order valence-corrected chi connectivity index (χ0v) is 11.8. The normalized spacial score (nSPS) is 12.4. The van der Waals surface area contributed by atoms with Gasteiger partial charge in [-0.05, 0) is 26.2 Å². The second-order valence-electron chi connectivity index (χ2n) is 4.58. The Labute approximate surface area is 112 Å². The molecule has 0 spiro atoms. The minimum atomic E-state index is -3.39. The van der Waals surface area contributed by atoms with Crippen molar-refractivity contribution in [3.8, 4) is 0 Å². The predicted molar refractivity (Wildman–Crippen MR) is 73.2 cm³/mol. The summed E-state index contributed by atoms with van der Waals surface area (Å²) in [6.45, 7) is 1.03. The molecule has 0 saturated carbocycles. The molecule has 6 nitrogen and oxygen atoms in total. The Hall–Kier alpha value is -1.44. The molecule has 0 bridgehead atoms. The molecule has 2 rings (SSSR count).